The minimum absolute atomic E-state index is 0.0989. The van der Waals surface area contributed by atoms with Crippen LogP contribution in [0.3, 0.4) is 0 Å². The van der Waals surface area contributed by atoms with Crippen LogP contribution in [0.2, 0.25) is 0 Å². The van der Waals surface area contributed by atoms with E-state index in [1.54, 1.807) is 16.8 Å². The third-order valence-corrected chi connectivity index (χ3v) is 4.45. The van der Waals surface area contributed by atoms with E-state index in [9.17, 15) is 14.7 Å². The highest BCUT2D eigenvalue weighted by molar-refractivity contribution is 5.98. The number of carboxylic acids is 1. The van der Waals surface area contributed by atoms with Crippen molar-refractivity contribution in [3.8, 4) is 5.88 Å². The first kappa shape index (κ1) is 17.9. The molecule has 26 heavy (non-hydrogen) atoms. The number of hydrogen-bond donors (Lipinski definition) is 2. The molecule has 0 radical (unpaired) electrons. The number of aromatic nitrogens is 2. The molecule has 0 saturated carbocycles. The van der Waals surface area contributed by atoms with Crippen LogP contribution in [0.4, 0.5) is 0 Å². The van der Waals surface area contributed by atoms with Gasteiger partial charge in [0.1, 0.15) is 5.69 Å². The molecule has 0 fully saturated rings. The number of hydrogen-bond acceptors (Lipinski definition) is 5. The van der Waals surface area contributed by atoms with Crippen molar-refractivity contribution in [2.75, 3.05) is 13.7 Å². The number of fused-ring (bicyclic) bond motifs is 1. The number of carbonyl (C=O) groups excluding carboxylic acids is 1. The van der Waals surface area contributed by atoms with Crippen molar-refractivity contribution in [1.29, 1.82) is 0 Å². The van der Waals surface area contributed by atoms with Gasteiger partial charge in [-0.2, -0.15) is 0 Å². The Morgan fingerprint density at radius 3 is 3.00 bits per heavy atom. The minimum Gasteiger partial charge on any atom is -0.481 e. The van der Waals surface area contributed by atoms with Crippen molar-refractivity contribution in [3.63, 3.8) is 0 Å². The number of aromatic carboxylic acids is 1. The van der Waals surface area contributed by atoms with Gasteiger partial charge in [0.15, 0.2) is 0 Å². The van der Waals surface area contributed by atoms with Gasteiger partial charge in [0.2, 0.25) is 5.88 Å². The van der Waals surface area contributed by atoms with Crippen LogP contribution in [0, 0.1) is 0 Å². The lowest BCUT2D eigenvalue weighted by molar-refractivity contribution is 0.0656. The van der Waals surface area contributed by atoms with Crippen LogP contribution in [0.5, 0.6) is 5.88 Å². The van der Waals surface area contributed by atoms with E-state index in [-0.39, 0.29) is 24.1 Å². The van der Waals surface area contributed by atoms with Gasteiger partial charge in [-0.3, -0.25) is 4.79 Å². The summed E-state index contributed by atoms with van der Waals surface area (Å²) in [5.74, 6) is -0.950. The molecule has 1 amide bonds. The summed E-state index contributed by atoms with van der Waals surface area (Å²) < 4.78 is 12.3. The fourth-order valence-corrected chi connectivity index (χ4v) is 3.17. The summed E-state index contributed by atoms with van der Waals surface area (Å²) in [6.07, 6.45) is 2.26. The van der Waals surface area contributed by atoms with E-state index < -0.39 is 5.97 Å². The van der Waals surface area contributed by atoms with Crippen molar-refractivity contribution < 1.29 is 24.2 Å². The maximum atomic E-state index is 12.9. The molecule has 3 heterocycles. The van der Waals surface area contributed by atoms with Gasteiger partial charge in [-0.25, -0.2) is 9.78 Å². The molecule has 8 nitrogen and oxygen atoms in total. The SMILES string of the molecule is CC[C@@H](NC(=O)c1cc(C(=O)O)c2n1CCOC2)c1cccnc1OC. The fraction of sp³-hybridized carbons (Fsp3) is 0.389. The molecule has 3 rings (SSSR count). The smallest absolute Gasteiger partial charge is 0.337 e. The summed E-state index contributed by atoms with van der Waals surface area (Å²) in [6.45, 7) is 3.01. The van der Waals surface area contributed by atoms with Crippen LogP contribution in [0.15, 0.2) is 24.4 Å². The van der Waals surface area contributed by atoms with Gasteiger partial charge in [0, 0.05) is 18.3 Å². The summed E-state index contributed by atoms with van der Waals surface area (Å²) in [5.41, 5.74) is 1.71. The average molecular weight is 359 g/mol. The Bertz CT molecular complexity index is 830. The second-order valence-electron chi connectivity index (χ2n) is 5.94. The summed E-state index contributed by atoms with van der Waals surface area (Å²) in [5, 5.41) is 12.3. The predicted octanol–water partition coefficient (Wildman–Crippen LogP) is 2.00. The van der Waals surface area contributed by atoms with Crippen LogP contribution in [0.25, 0.3) is 0 Å². The van der Waals surface area contributed by atoms with Crippen LogP contribution < -0.4 is 10.1 Å². The number of amides is 1. The zero-order valence-electron chi connectivity index (χ0n) is 14.7. The maximum Gasteiger partial charge on any atom is 0.337 e. The normalized spacial score (nSPS) is 14.4. The monoisotopic (exact) mass is 359 g/mol. The molecule has 0 aromatic carbocycles. The molecular formula is C18H21N3O5. The molecular weight excluding hydrogens is 338 g/mol. The Balaban J connectivity index is 1.91. The molecule has 2 N–H and O–H groups in total. The molecule has 1 aliphatic heterocycles. The first-order chi connectivity index (χ1) is 12.6. The van der Waals surface area contributed by atoms with Crippen LogP contribution in [-0.4, -0.2) is 40.3 Å². The van der Waals surface area contributed by atoms with Gasteiger partial charge in [-0.05, 0) is 18.6 Å². The summed E-state index contributed by atoms with van der Waals surface area (Å²) in [6, 6.07) is 4.75. The Morgan fingerprint density at radius 1 is 1.50 bits per heavy atom. The van der Waals surface area contributed by atoms with Crippen LogP contribution in [0.1, 0.15) is 51.5 Å². The maximum absolute atomic E-state index is 12.9. The van der Waals surface area contributed by atoms with Gasteiger partial charge in [-0.15, -0.1) is 0 Å². The molecule has 0 aliphatic carbocycles. The zero-order chi connectivity index (χ0) is 18.7. The van der Waals surface area contributed by atoms with E-state index >= 15 is 0 Å². The van der Waals surface area contributed by atoms with Crippen molar-refractivity contribution >= 4 is 11.9 Å². The molecule has 0 unspecified atom stereocenters. The zero-order valence-corrected chi connectivity index (χ0v) is 14.7. The molecule has 0 saturated heterocycles. The first-order valence-corrected chi connectivity index (χ1v) is 8.40. The topological polar surface area (TPSA) is 103 Å². The second-order valence-corrected chi connectivity index (χ2v) is 5.94. The molecule has 138 valence electrons. The molecule has 1 atom stereocenters. The fourth-order valence-electron chi connectivity index (χ4n) is 3.17. The molecule has 8 heteroatoms. The predicted molar refractivity (Wildman–Crippen MR) is 92.3 cm³/mol. The Kier molecular flexibility index (Phi) is 5.22. The van der Waals surface area contributed by atoms with E-state index in [0.29, 0.717) is 36.8 Å². The largest absolute Gasteiger partial charge is 0.481 e. The molecule has 0 bridgehead atoms. The third kappa shape index (κ3) is 3.28. The van der Waals surface area contributed by atoms with Gasteiger partial charge in [0.05, 0.1) is 37.6 Å². The average Bonchev–Trinajstić information content (AvgIpc) is 3.06. The van der Waals surface area contributed by atoms with Gasteiger partial charge in [-0.1, -0.05) is 13.0 Å². The van der Waals surface area contributed by atoms with E-state index in [4.69, 9.17) is 9.47 Å². The minimum atomic E-state index is -1.07. The number of pyridine rings is 1. The summed E-state index contributed by atoms with van der Waals surface area (Å²) >= 11 is 0. The standard InChI is InChI=1S/C18H21N3O5/c1-3-13(11-5-4-6-19-17(11)25-2)20-16(22)14-9-12(18(23)24)15-10-26-8-7-21(14)15/h4-6,9,13H,3,7-8,10H2,1-2H3,(H,20,22)(H,23,24)/t13-/m1/s1. The molecule has 2 aromatic rings. The van der Waals surface area contributed by atoms with Crippen molar-refractivity contribution in [1.82, 2.24) is 14.9 Å². The lowest BCUT2D eigenvalue weighted by atomic mass is 10.1. The van der Waals surface area contributed by atoms with E-state index in [0.717, 1.165) is 5.56 Å². The number of carbonyl (C=O) groups is 2. The summed E-state index contributed by atoms with van der Waals surface area (Å²) in [7, 11) is 1.53. The number of ether oxygens (including phenoxy) is 2. The molecule has 1 aliphatic rings. The second kappa shape index (κ2) is 7.57. The van der Waals surface area contributed by atoms with Crippen LogP contribution in [-0.2, 0) is 17.9 Å². The van der Waals surface area contributed by atoms with Crippen molar-refractivity contribution in [3.05, 3.63) is 46.9 Å². The number of carboxylic acid groups (broad SMARTS) is 1. The van der Waals surface area contributed by atoms with Gasteiger partial charge in [0.25, 0.3) is 5.91 Å². The highest BCUT2D eigenvalue weighted by atomic mass is 16.5. The van der Waals surface area contributed by atoms with E-state index in [1.165, 1.54) is 13.2 Å². The van der Waals surface area contributed by atoms with Gasteiger partial charge < -0.3 is 24.5 Å². The van der Waals surface area contributed by atoms with Crippen molar-refractivity contribution in [2.24, 2.45) is 0 Å². The van der Waals surface area contributed by atoms with E-state index in [1.807, 2.05) is 13.0 Å². The molecule has 0 spiro atoms. The van der Waals surface area contributed by atoms with Gasteiger partial charge >= 0.3 is 5.97 Å². The Morgan fingerprint density at radius 2 is 2.31 bits per heavy atom. The van der Waals surface area contributed by atoms with Crippen LogP contribution >= 0.6 is 0 Å². The highest BCUT2D eigenvalue weighted by Gasteiger charge is 2.27. The van der Waals surface area contributed by atoms with E-state index in [2.05, 4.69) is 10.3 Å². The number of nitrogens with zero attached hydrogens (tertiary/aromatic N) is 2. The third-order valence-electron chi connectivity index (χ3n) is 4.45. The summed E-state index contributed by atoms with van der Waals surface area (Å²) in [4.78, 5) is 28.5. The quantitative estimate of drug-likeness (QED) is 0.818. The lowest BCUT2D eigenvalue weighted by Gasteiger charge is -2.21. The van der Waals surface area contributed by atoms with Crippen molar-refractivity contribution in [2.45, 2.75) is 32.5 Å². The Hall–Kier alpha value is -2.87. The first-order valence-electron chi connectivity index (χ1n) is 8.40. The number of rotatable bonds is 6. The Labute approximate surface area is 150 Å². The number of nitrogens with one attached hydrogen (secondary N) is 1. The lowest BCUT2D eigenvalue weighted by Crippen LogP contribution is -2.31. The number of methoxy groups -OCH3 is 1. The molecule has 2 aromatic heterocycles. The highest BCUT2D eigenvalue weighted by Crippen LogP contribution is 2.26.